The Balaban J connectivity index is 2.55. The van der Waals surface area contributed by atoms with Crippen LogP contribution in [0.2, 0.25) is 0 Å². The molecule has 112 valence electrons. The van der Waals surface area contributed by atoms with Crippen LogP contribution in [0.5, 0.6) is 0 Å². The van der Waals surface area contributed by atoms with Gasteiger partial charge in [0.05, 0.1) is 6.61 Å². The van der Waals surface area contributed by atoms with E-state index in [1.54, 1.807) is 16.7 Å². The Morgan fingerprint density at radius 1 is 1.40 bits per heavy atom. The van der Waals surface area contributed by atoms with Crippen LogP contribution >= 0.6 is 11.8 Å². The summed E-state index contributed by atoms with van der Waals surface area (Å²) in [7, 11) is 0. The van der Waals surface area contributed by atoms with Crippen molar-refractivity contribution in [2.75, 3.05) is 31.7 Å². The fraction of sp³-hybridized carbons (Fsp3) is 0.533. The average Bonchev–Trinajstić information content (AvgIpc) is 2.45. The van der Waals surface area contributed by atoms with Crippen LogP contribution in [0.25, 0.3) is 0 Å². The summed E-state index contributed by atoms with van der Waals surface area (Å²) in [5.41, 5.74) is 2.27. The van der Waals surface area contributed by atoms with Crippen molar-refractivity contribution in [1.82, 2.24) is 10.2 Å². The monoisotopic (exact) mass is 296 g/mol. The molecule has 1 aromatic rings. The number of benzene rings is 1. The van der Waals surface area contributed by atoms with Crippen LogP contribution in [-0.2, 0) is 6.54 Å². The summed E-state index contributed by atoms with van der Waals surface area (Å²) < 4.78 is 0. The molecule has 2 amide bonds. The lowest BCUT2D eigenvalue weighted by Crippen LogP contribution is -2.41. The molecule has 1 aromatic carbocycles. The summed E-state index contributed by atoms with van der Waals surface area (Å²) in [4.78, 5) is 13.8. The summed E-state index contributed by atoms with van der Waals surface area (Å²) in [6.45, 7) is 3.56. The maximum Gasteiger partial charge on any atom is 0.317 e. The molecule has 0 saturated carbocycles. The van der Waals surface area contributed by atoms with E-state index < -0.39 is 0 Å². The second-order valence-electron chi connectivity index (χ2n) is 4.65. The van der Waals surface area contributed by atoms with Gasteiger partial charge in [0.2, 0.25) is 0 Å². The maximum absolute atomic E-state index is 12.1. The van der Waals surface area contributed by atoms with Crippen molar-refractivity contribution >= 4 is 17.8 Å². The Morgan fingerprint density at radius 2 is 2.15 bits per heavy atom. The summed E-state index contributed by atoms with van der Waals surface area (Å²) in [5, 5.41) is 12.0. The second-order valence-corrected chi connectivity index (χ2v) is 5.64. The highest BCUT2D eigenvalue weighted by atomic mass is 32.2. The van der Waals surface area contributed by atoms with E-state index in [-0.39, 0.29) is 12.6 Å². The average molecular weight is 296 g/mol. The highest BCUT2D eigenvalue weighted by Crippen LogP contribution is 2.10. The summed E-state index contributed by atoms with van der Waals surface area (Å²) >= 11 is 1.77. The fourth-order valence-electron chi connectivity index (χ4n) is 1.89. The number of aryl methyl sites for hydroxylation is 1. The molecular formula is C15H24N2O2S. The topological polar surface area (TPSA) is 52.6 Å². The van der Waals surface area contributed by atoms with Crippen molar-refractivity contribution in [2.24, 2.45) is 0 Å². The Morgan fingerprint density at radius 3 is 2.80 bits per heavy atom. The zero-order chi connectivity index (χ0) is 14.8. The van der Waals surface area contributed by atoms with Gasteiger partial charge in [0.1, 0.15) is 0 Å². The molecule has 2 N–H and O–H groups in total. The highest BCUT2D eigenvalue weighted by molar-refractivity contribution is 7.98. The normalized spacial score (nSPS) is 10.3. The van der Waals surface area contributed by atoms with Gasteiger partial charge in [-0.05, 0) is 36.5 Å². The lowest BCUT2D eigenvalue weighted by atomic mass is 10.1. The van der Waals surface area contributed by atoms with Crippen molar-refractivity contribution < 1.29 is 9.90 Å². The summed E-state index contributed by atoms with van der Waals surface area (Å²) in [6.07, 6.45) is 3.02. The first kappa shape index (κ1) is 16.9. The van der Waals surface area contributed by atoms with Gasteiger partial charge in [-0.3, -0.25) is 0 Å². The predicted octanol–water partition coefficient (Wildman–Crippen LogP) is 2.25. The zero-order valence-electron chi connectivity index (χ0n) is 12.3. The molecule has 0 saturated heterocycles. The van der Waals surface area contributed by atoms with Crippen LogP contribution in [0, 0.1) is 6.92 Å². The van der Waals surface area contributed by atoms with Gasteiger partial charge in [-0.25, -0.2) is 4.79 Å². The van der Waals surface area contributed by atoms with E-state index in [9.17, 15) is 4.79 Å². The molecule has 0 bridgehead atoms. The first-order chi connectivity index (χ1) is 9.69. The van der Waals surface area contributed by atoms with E-state index in [2.05, 4.69) is 11.6 Å². The molecule has 0 radical (unpaired) electrons. The molecule has 0 aliphatic carbocycles. The number of aliphatic hydroxyl groups is 1. The first-order valence-electron chi connectivity index (χ1n) is 6.86. The van der Waals surface area contributed by atoms with Crippen molar-refractivity contribution in [3.63, 3.8) is 0 Å². The van der Waals surface area contributed by atoms with Gasteiger partial charge in [0, 0.05) is 19.6 Å². The SMILES string of the molecule is CSCCCNC(=O)N(CCO)Cc1ccccc1C. The molecule has 0 aliphatic heterocycles. The molecule has 0 heterocycles. The van der Waals surface area contributed by atoms with Gasteiger partial charge in [-0.1, -0.05) is 24.3 Å². The number of thioether (sulfide) groups is 1. The molecule has 20 heavy (non-hydrogen) atoms. The smallest absolute Gasteiger partial charge is 0.317 e. The molecule has 0 spiro atoms. The highest BCUT2D eigenvalue weighted by Gasteiger charge is 2.13. The molecule has 1 rings (SSSR count). The Bertz CT molecular complexity index is 413. The third-order valence-electron chi connectivity index (χ3n) is 3.08. The minimum absolute atomic E-state index is 0.0237. The minimum Gasteiger partial charge on any atom is -0.395 e. The minimum atomic E-state index is -0.108. The van der Waals surface area contributed by atoms with Crippen molar-refractivity contribution in [3.8, 4) is 0 Å². The number of carbonyl (C=O) groups is 1. The van der Waals surface area contributed by atoms with Gasteiger partial charge < -0.3 is 15.3 Å². The maximum atomic E-state index is 12.1. The van der Waals surface area contributed by atoms with Crippen molar-refractivity contribution in [1.29, 1.82) is 0 Å². The van der Waals surface area contributed by atoms with Gasteiger partial charge in [-0.15, -0.1) is 0 Å². The number of hydrogen-bond acceptors (Lipinski definition) is 3. The van der Waals surface area contributed by atoms with Crippen LogP contribution in [0.1, 0.15) is 17.5 Å². The van der Waals surface area contributed by atoms with E-state index in [0.29, 0.717) is 19.6 Å². The van der Waals surface area contributed by atoms with Crippen molar-refractivity contribution in [2.45, 2.75) is 19.9 Å². The van der Waals surface area contributed by atoms with Crippen LogP contribution in [0.15, 0.2) is 24.3 Å². The van der Waals surface area contributed by atoms with E-state index in [0.717, 1.165) is 23.3 Å². The Kier molecular flexibility index (Phi) is 8.14. The number of amides is 2. The molecule has 0 unspecified atom stereocenters. The van der Waals surface area contributed by atoms with Crippen LogP contribution < -0.4 is 5.32 Å². The number of aliphatic hydroxyl groups excluding tert-OH is 1. The molecule has 0 fully saturated rings. The number of hydrogen-bond donors (Lipinski definition) is 2. The van der Waals surface area contributed by atoms with Crippen molar-refractivity contribution in [3.05, 3.63) is 35.4 Å². The van der Waals surface area contributed by atoms with Crippen LogP contribution in [0.4, 0.5) is 4.79 Å². The number of carbonyl (C=O) groups excluding carboxylic acids is 1. The van der Waals surface area contributed by atoms with E-state index >= 15 is 0 Å². The first-order valence-corrected chi connectivity index (χ1v) is 8.25. The number of rotatable bonds is 8. The molecule has 0 aromatic heterocycles. The van der Waals surface area contributed by atoms with Gasteiger partial charge in [0.15, 0.2) is 0 Å². The largest absolute Gasteiger partial charge is 0.395 e. The molecule has 5 heteroatoms. The van der Waals surface area contributed by atoms with E-state index in [4.69, 9.17) is 5.11 Å². The molecule has 4 nitrogen and oxygen atoms in total. The number of urea groups is 1. The van der Waals surface area contributed by atoms with Gasteiger partial charge >= 0.3 is 6.03 Å². The predicted molar refractivity (Wildman–Crippen MR) is 85.1 cm³/mol. The number of nitrogens with one attached hydrogen (secondary N) is 1. The number of nitrogens with zero attached hydrogens (tertiary/aromatic N) is 1. The quantitative estimate of drug-likeness (QED) is 0.724. The summed E-state index contributed by atoms with van der Waals surface area (Å²) in [5.74, 6) is 1.04. The fourth-order valence-corrected chi connectivity index (χ4v) is 2.32. The third kappa shape index (κ3) is 5.84. The lowest BCUT2D eigenvalue weighted by Gasteiger charge is -2.23. The third-order valence-corrected chi connectivity index (χ3v) is 3.78. The molecule has 0 atom stereocenters. The van der Waals surface area contributed by atoms with E-state index in [1.165, 1.54) is 0 Å². The van der Waals surface area contributed by atoms with Gasteiger partial charge in [-0.2, -0.15) is 11.8 Å². The zero-order valence-corrected chi connectivity index (χ0v) is 13.1. The lowest BCUT2D eigenvalue weighted by molar-refractivity contribution is 0.174. The summed E-state index contributed by atoms with van der Waals surface area (Å²) in [6, 6.07) is 7.89. The van der Waals surface area contributed by atoms with Crippen LogP contribution in [-0.4, -0.2) is 47.7 Å². The van der Waals surface area contributed by atoms with E-state index in [1.807, 2.05) is 31.2 Å². The molecular weight excluding hydrogens is 272 g/mol. The Labute approximate surface area is 125 Å². The van der Waals surface area contributed by atoms with Gasteiger partial charge in [0.25, 0.3) is 0 Å². The Hall–Kier alpha value is -1.20. The molecule has 0 aliphatic rings. The second kappa shape index (κ2) is 9.66. The standard InChI is InChI=1S/C15H24N2O2S/c1-13-6-3-4-7-14(13)12-17(9-10-18)15(19)16-8-5-11-20-2/h3-4,6-7,18H,5,8-12H2,1-2H3,(H,16,19). The van der Waals surface area contributed by atoms with Crippen LogP contribution in [0.3, 0.4) is 0 Å².